The molecule has 0 spiro atoms. The number of imidazole rings is 1. The lowest BCUT2D eigenvalue weighted by molar-refractivity contribution is -0.125. The van der Waals surface area contributed by atoms with Gasteiger partial charge in [0, 0.05) is 24.2 Å². The molecule has 2 aromatic rings. The van der Waals surface area contributed by atoms with Crippen LogP contribution in [-0.2, 0) is 14.3 Å². The molecule has 8 nitrogen and oxygen atoms in total. The van der Waals surface area contributed by atoms with Gasteiger partial charge in [-0.25, -0.2) is 4.98 Å². The maximum atomic E-state index is 12.0. The summed E-state index contributed by atoms with van der Waals surface area (Å²) in [5.74, 6) is 0.161. The Bertz CT molecular complexity index is 854. The van der Waals surface area contributed by atoms with Gasteiger partial charge in [0.1, 0.15) is 6.61 Å². The number of nitrogen functional groups attached to an aromatic ring is 1. The van der Waals surface area contributed by atoms with Gasteiger partial charge in [-0.05, 0) is 43.9 Å². The number of hydrogen-bond donors (Lipinski definition) is 2. The Morgan fingerprint density at radius 3 is 2.69 bits per heavy atom. The van der Waals surface area contributed by atoms with Gasteiger partial charge >= 0.3 is 0 Å². The van der Waals surface area contributed by atoms with E-state index in [1.807, 2.05) is 18.2 Å². The summed E-state index contributed by atoms with van der Waals surface area (Å²) in [7, 11) is 0. The molecule has 8 heteroatoms. The molecule has 2 aliphatic rings. The molecule has 2 amide bonds. The molecular formula is C18H23N5O3. The molecule has 0 bridgehead atoms. The maximum absolute atomic E-state index is 12.0. The van der Waals surface area contributed by atoms with Crippen LogP contribution in [0.4, 0.5) is 11.6 Å². The quantitative estimate of drug-likeness (QED) is 0.856. The van der Waals surface area contributed by atoms with Crippen LogP contribution in [0.5, 0.6) is 0 Å². The Labute approximate surface area is 151 Å². The first kappa shape index (κ1) is 16.8. The number of carbonyl (C=O) groups excluding carboxylic acids is 2. The fourth-order valence-corrected chi connectivity index (χ4v) is 4.07. The largest absolute Gasteiger partial charge is 0.370 e. The number of nitrogens with zero attached hydrogens (tertiary/aromatic N) is 3. The van der Waals surface area contributed by atoms with E-state index in [0.29, 0.717) is 19.1 Å². The third kappa shape index (κ3) is 2.90. The summed E-state index contributed by atoms with van der Waals surface area (Å²) in [6.07, 6.45) is 3.26. The predicted octanol–water partition coefficient (Wildman–Crippen LogP) is 1.20. The number of hydrogen-bond acceptors (Lipinski definition) is 5. The van der Waals surface area contributed by atoms with Crippen molar-refractivity contribution >= 4 is 34.5 Å². The molecule has 2 heterocycles. The summed E-state index contributed by atoms with van der Waals surface area (Å²) in [5.41, 5.74) is 14.2. The van der Waals surface area contributed by atoms with Crippen LogP contribution < -0.4 is 16.4 Å². The number of carbonyl (C=O) groups is 2. The van der Waals surface area contributed by atoms with Crippen LogP contribution >= 0.6 is 0 Å². The van der Waals surface area contributed by atoms with E-state index in [2.05, 4.69) is 9.55 Å². The van der Waals surface area contributed by atoms with Crippen LogP contribution in [0.1, 0.15) is 31.7 Å². The Morgan fingerprint density at radius 1 is 1.23 bits per heavy atom. The lowest BCUT2D eigenvalue weighted by atomic mass is 9.85. The Balaban J connectivity index is 1.62. The second-order valence-corrected chi connectivity index (χ2v) is 7.02. The van der Waals surface area contributed by atoms with E-state index in [4.69, 9.17) is 16.2 Å². The number of nitrogens with two attached hydrogens (primary N) is 2. The smallest absolute Gasteiger partial charge is 0.253 e. The molecule has 1 saturated carbocycles. The van der Waals surface area contributed by atoms with Gasteiger partial charge in [0.25, 0.3) is 5.91 Å². The maximum Gasteiger partial charge on any atom is 0.253 e. The number of ether oxygens (including phenoxy) is 1. The van der Waals surface area contributed by atoms with Crippen molar-refractivity contribution in [3.63, 3.8) is 0 Å². The van der Waals surface area contributed by atoms with Crippen molar-refractivity contribution < 1.29 is 14.3 Å². The van der Waals surface area contributed by atoms with Gasteiger partial charge in [0.05, 0.1) is 17.6 Å². The zero-order valence-electron chi connectivity index (χ0n) is 14.6. The first-order chi connectivity index (χ1) is 12.5. The molecule has 1 aliphatic carbocycles. The van der Waals surface area contributed by atoms with Crippen LogP contribution in [0.25, 0.3) is 11.0 Å². The number of aromatic nitrogens is 2. The Hall–Kier alpha value is -2.61. The third-order valence-electron chi connectivity index (χ3n) is 5.46. The zero-order chi connectivity index (χ0) is 18.3. The molecule has 0 radical (unpaired) electrons. The highest BCUT2D eigenvalue weighted by Gasteiger charge is 2.28. The van der Waals surface area contributed by atoms with Crippen molar-refractivity contribution in [3.8, 4) is 0 Å². The first-order valence-corrected chi connectivity index (χ1v) is 8.99. The number of amides is 2. The van der Waals surface area contributed by atoms with Crippen LogP contribution in [0.3, 0.4) is 0 Å². The lowest BCUT2D eigenvalue weighted by Gasteiger charge is -2.29. The van der Waals surface area contributed by atoms with E-state index in [0.717, 1.165) is 42.4 Å². The molecular weight excluding hydrogens is 334 g/mol. The number of benzene rings is 1. The minimum atomic E-state index is -0.216. The zero-order valence-corrected chi connectivity index (χ0v) is 14.6. The van der Waals surface area contributed by atoms with Crippen LogP contribution in [-0.4, -0.2) is 41.1 Å². The van der Waals surface area contributed by atoms with E-state index in [9.17, 15) is 9.59 Å². The van der Waals surface area contributed by atoms with Gasteiger partial charge in [0.15, 0.2) is 0 Å². The molecule has 26 heavy (non-hydrogen) atoms. The standard InChI is InChI=1S/C18H23N5O3/c19-17(25)11-1-3-12(4-2-11)23-15-6-5-13(9-14(15)21-18(23)20)22-7-8-26-10-16(22)24/h5-6,9,11-12H,1-4,7-8,10H2,(H2,19,25)(H2,20,21)/t11-,12+. The molecule has 1 aromatic carbocycles. The molecule has 1 aromatic heterocycles. The highest BCUT2D eigenvalue weighted by Crippen LogP contribution is 2.36. The monoisotopic (exact) mass is 357 g/mol. The normalized spacial score (nSPS) is 24.2. The minimum absolute atomic E-state index is 0.0406. The summed E-state index contributed by atoms with van der Waals surface area (Å²) in [6, 6.07) is 6.02. The van der Waals surface area contributed by atoms with E-state index < -0.39 is 0 Å². The summed E-state index contributed by atoms with van der Waals surface area (Å²) in [4.78, 5) is 29.6. The number of rotatable bonds is 3. The number of fused-ring (bicyclic) bond motifs is 1. The molecule has 2 fully saturated rings. The third-order valence-corrected chi connectivity index (χ3v) is 5.46. The van der Waals surface area contributed by atoms with Gasteiger partial charge in [-0.15, -0.1) is 0 Å². The Kier molecular flexibility index (Phi) is 4.28. The van der Waals surface area contributed by atoms with E-state index in [-0.39, 0.29) is 30.4 Å². The van der Waals surface area contributed by atoms with Crippen molar-refractivity contribution in [2.45, 2.75) is 31.7 Å². The van der Waals surface area contributed by atoms with Gasteiger partial charge in [-0.1, -0.05) is 0 Å². The average Bonchev–Trinajstić information content (AvgIpc) is 2.97. The predicted molar refractivity (Wildman–Crippen MR) is 97.5 cm³/mol. The summed E-state index contributed by atoms with van der Waals surface area (Å²) in [6.45, 7) is 1.18. The minimum Gasteiger partial charge on any atom is -0.370 e. The fourth-order valence-electron chi connectivity index (χ4n) is 4.07. The molecule has 0 unspecified atom stereocenters. The van der Waals surface area contributed by atoms with Crippen molar-refractivity contribution in [3.05, 3.63) is 18.2 Å². The summed E-state index contributed by atoms with van der Waals surface area (Å²) < 4.78 is 7.24. The SMILES string of the molecule is Nc1nc2cc(N3CCOCC3=O)ccc2n1[C@H]1CC[C@@H](C(N)=O)CC1. The molecule has 4 N–H and O–H groups in total. The van der Waals surface area contributed by atoms with E-state index in [1.54, 1.807) is 4.90 Å². The van der Waals surface area contributed by atoms with Crippen molar-refractivity contribution in [1.29, 1.82) is 0 Å². The second-order valence-electron chi connectivity index (χ2n) is 7.02. The molecule has 138 valence electrons. The summed E-state index contributed by atoms with van der Waals surface area (Å²) in [5, 5.41) is 0. The van der Waals surface area contributed by atoms with E-state index in [1.165, 1.54) is 0 Å². The average molecular weight is 357 g/mol. The molecule has 0 atom stereocenters. The highest BCUT2D eigenvalue weighted by atomic mass is 16.5. The van der Waals surface area contributed by atoms with Crippen LogP contribution in [0, 0.1) is 5.92 Å². The van der Waals surface area contributed by atoms with Crippen molar-refractivity contribution in [2.24, 2.45) is 11.7 Å². The highest BCUT2D eigenvalue weighted by molar-refractivity contribution is 5.96. The number of anilines is 2. The Morgan fingerprint density at radius 2 is 2.00 bits per heavy atom. The second kappa shape index (κ2) is 6.60. The van der Waals surface area contributed by atoms with Gasteiger partial charge in [-0.3, -0.25) is 9.59 Å². The lowest BCUT2D eigenvalue weighted by Crippen LogP contribution is -2.41. The molecule has 1 saturated heterocycles. The van der Waals surface area contributed by atoms with Crippen LogP contribution in [0.2, 0.25) is 0 Å². The van der Waals surface area contributed by atoms with Gasteiger partial charge in [0.2, 0.25) is 11.9 Å². The van der Waals surface area contributed by atoms with Gasteiger partial charge < -0.3 is 25.7 Å². The molecule has 1 aliphatic heterocycles. The first-order valence-electron chi connectivity index (χ1n) is 8.99. The topological polar surface area (TPSA) is 116 Å². The molecule has 4 rings (SSSR count). The number of primary amides is 1. The summed E-state index contributed by atoms with van der Waals surface area (Å²) >= 11 is 0. The van der Waals surface area contributed by atoms with Gasteiger partial charge in [-0.2, -0.15) is 0 Å². The van der Waals surface area contributed by atoms with E-state index >= 15 is 0 Å². The number of morpholine rings is 1. The fraction of sp³-hybridized carbons (Fsp3) is 0.500. The van der Waals surface area contributed by atoms with Crippen LogP contribution in [0.15, 0.2) is 18.2 Å². The van der Waals surface area contributed by atoms with Crippen molar-refractivity contribution in [1.82, 2.24) is 9.55 Å². The van der Waals surface area contributed by atoms with Crippen molar-refractivity contribution in [2.75, 3.05) is 30.4 Å².